The van der Waals surface area contributed by atoms with E-state index in [1.165, 1.54) is 0 Å². The van der Waals surface area contributed by atoms with Gasteiger partial charge in [0, 0.05) is 17.3 Å². The predicted octanol–water partition coefficient (Wildman–Crippen LogP) is 6.58. The number of benzene rings is 3. The summed E-state index contributed by atoms with van der Waals surface area (Å²) in [7, 11) is 0. The first kappa shape index (κ1) is 19.4. The molecule has 1 N–H and O–H groups in total. The van der Waals surface area contributed by atoms with Crippen molar-refractivity contribution < 1.29 is 9.47 Å². The van der Waals surface area contributed by atoms with Gasteiger partial charge in [0.25, 0.3) is 0 Å². The van der Waals surface area contributed by atoms with E-state index in [4.69, 9.17) is 32.7 Å². The minimum atomic E-state index is 0.387. The van der Waals surface area contributed by atoms with Crippen molar-refractivity contribution in [1.29, 1.82) is 0 Å². The number of para-hydroxylation sites is 1. The molecular weight excluding hydrogens is 381 g/mol. The highest BCUT2D eigenvalue weighted by molar-refractivity contribution is 6.32. The highest BCUT2D eigenvalue weighted by Gasteiger charge is 2.13. The van der Waals surface area contributed by atoms with Crippen LogP contribution in [-0.2, 0) is 13.2 Å². The largest absolute Gasteiger partial charge is 0.490 e. The van der Waals surface area contributed by atoms with Gasteiger partial charge in [0.05, 0.1) is 11.6 Å². The maximum absolute atomic E-state index is 6.49. The fourth-order valence-corrected chi connectivity index (χ4v) is 3.04. The van der Waals surface area contributed by atoms with Crippen LogP contribution in [0.2, 0.25) is 10.0 Å². The summed E-state index contributed by atoms with van der Waals surface area (Å²) in [5.41, 5.74) is 3.08. The minimum absolute atomic E-state index is 0.387. The minimum Gasteiger partial charge on any atom is -0.490 e. The van der Waals surface area contributed by atoms with Gasteiger partial charge in [-0.3, -0.25) is 0 Å². The zero-order valence-corrected chi connectivity index (χ0v) is 16.6. The van der Waals surface area contributed by atoms with E-state index in [0.717, 1.165) is 16.8 Å². The molecule has 5 heteroatoms. The molecule has 0 aliphatic carbocycles. The predicted molar refractivity (Wildman–Crippen MR) is 112 cm³/mol. The van der Waals surface area contributed by atoms with Crippen LogP contribution in [0.15, 0.2) is 66.7 Å². The number of hydrogen-bond donors (Lipinski definition) is 1. The molecular formula is C22H21Cl2NO2. The lowest BCUT2D eigenvalue weighted by Crippen LogP contribution is -2.04. The van der Waals surface area contributed by atoms with Crippen LogP contribution in [0.3, 0.4) is 0 Å². The lowest BCUT2D eigenvalue weighted by molar-refractivity contribution is 0.269. The van der Waals surface area contributed by atoms with Crippen LogP contribution >= 0.6 is 23.2 Å². The first-order valence-electron chi connectivity index (χ1n) is 8.77. The van der Waals surface area contributed by atoms with E-state index >= 15 is 0 Å². The molecule has 0 unspecified atom stereocenters. The van der Waals surface area contributed by atoms with Gasteiger partial charge in [-0.25, -0.2) is 0 Å². The molecule has 3 nitrogen and oxygen atoms in total. The molecule has 0 aromatic heterocycles. The maximum Gasteiger partial charge on any atom is 0.180 e. The Kier molecular flexibility index (Phi) is 6.86. The lowest BCUT2D eigenvalue weighted by Gasteiger charge is -2.16. The first-order valence-corrected chi connectivity index (χ1v) is 9.52. The van der Waals surface area contributed by atoms with E-state index in [1.54, 1.807) is 0 Å². The number of rotatable bonds is 8. The number of hydrogen-bond acceptors (Lipinski definition) is 3. The molecule has 0 saturated carbocycles. The molecule has 3 aromatic rings. The summed E-state index contributed by atoms with van der Waals surface area (Å²) in [6, 6.07) is 21.4. The van der Waals surface area contributed by atoms with Gasteiger partial charge in [0.1, 0.15) is 6.61 Å². The van der Waals surface area contributed by atoms with Crippen LogP contribution in [0.5, 0.6) is 11.5 Å². The highest BCUT2D eigenvalue weighted by Crippen LogP contribution is 2.37. The molecule has 0 heterocycles. The van der Waals surface area contributed by atoms with Crippen LogP contribution < -0.4 is 14.8 Å². The van der Waals surface area contributed by atoms with Gasteiger partial charge in [0.15, 0.2) is 11.5 Å². The van der Waals surface area contributed by atoms with E-state index in [0.29, 0.717) is 41.3 Å². The summed E-state index contributed by atoms with van der Waals surface area (Å²) in [5.74, 6) is 1.20. The van der Waals surface area contributed by atoms with Crippen LogP contribution in [-0.4, -0.2) is 6.61 Å². The average molecular weight is 402 g/mol. The fraction of sp³-hybridized carbons (Fsp3) is 0.182. The molecule has 0 spiro atoms. The third-order valence-electron chi connectivity index (χ3n) is 3.94. The van der Waals surface area contributed by atoms with Crippen LogP contribution in [0, 0.1) is 0 Å². The Balaban J connectivity index is 1.74. The topological polar surface area (TPSA) is 30.5 Å². The highest BCUT2D eigenvalue weighted by atomic mass is 35.5. The van der Waals surface area contributed by atoms with Gasteiger partial charge in [-0.1, -0.05) is 53.5 Å². The summed E-state index contributed by atoms with van der Waals surface area (Å²) in [6.45, 7) is 3.49. The molecule has 27 heavy (non-hydrogen) atoms. The molecule has 0 saturated heterocycles. The van der Waals surface area contributed by atoms with Crippen LogP contribution in [0.25, 0.3) is 0 Å². The Bertz CT molecular complexity index is 867. The Hall–Kier alpha value is -2.36. The molecule has 0 radical (unpaired) electrons. The van der Waals surface area contributed by atoms with Gasteiger partial charge in [-0.15, -0.1) is 0 Å². The van der Waals surface area contributed by atoms with Crippen molar-refractivity contribution in [2.24, 2.45) is 0 Å². The standard InChI is InChI=1S/C22H21Cl2NO2/c1-2-26-21-13-17(14-25-19-6-4-3-5-7-19)12-20(24)22(21)27-15-16-8-10-18(23)11-9-16/h3-13,25H,2,14-15H2,1H3. The number of nitrogens with one attached hydrogen (secondary N) is 1. The molecule has 0 bridgehead atoms. The van der Waals surface area contributed by atoms with Crippen molar-refractivity contribution >= 4 is 28.9 Å². The summed E-state index contributed by atoms with van der Waals surface area (Å²) in [4.78, 5) is 0. The van der Waals surface area contributed by atoms with Gasteiger partial charge in [-0.05, 0) is 54.4 Å². The first-order chi connectivity index (χ1) is 13.2. The zero-order chi connectivity index (χ0) is 19.1. The third kappa shape index (κ3) is 5.56. The lowest BCUT2D eigenvalue weighted by atomic mass is 10.2. The Labute approximate surface area is 169 Å². The molecule has 0 aliphatic heterocycles. The maximum atomic E-state index is 6.49. The second-order valence-electron chi connectivity index (χ2n) is 5.97. The van der Waals surface area contributed by atoms with Crippen molar-refractivity contribution in [1.82, 2.24) is 0 Å². The Morgan fingerprint density at radius 3 is 2.30 bits per heavy atom. The van der Waals surface area contributed by atoms with Crippen LogP contribution in [0.1, 0.15) is 18.1 Å². The van der Waals surface area contributed by atoms with E-state index in [-0.39, 0.29) is 0 Å². The van der Waals surface area contributed by atoms with Crippen molar-refractivity contribution in [2.75, 3.05) is 11.9 Å². The molecule has 0 amide bonds. The second kappa shape index (κ2) is 9.54. The normalized spacial score (nSPS) is 10.5. The van der Waals surface area contributed by atoms with E-state index in [1.807, 2.05) is 73.7 Å². The smallest absolute Gasteiger partial charge is 0.180 e. The van der Waals surface area contributed by atoms with Crippen molar-refractivity contribution in [2.45, 2.75) is 20.1 Å². The quantitative estimate of drug-likeness (QED) is 0.462. The van der Waals surface area contributed by atoms with Gasteiger partial charge in [-0.2, -0.15) is 0 Å². The van der Waals surface area contributed by atoms with E-state index in [2.05, 4.69) is 5.32 Å². The van der Waals surface area contributed by atoms with Crippen molar-refractivity contribution in [3.05, 3.63) is 87.9 Å². The van der Waals surface area contributed by atoms with Crippen LogP contribution in [0.4, 0.5) is 5.69 Å². The third-order valence-corrected chi connectivity index (χ3v) is 4.47. The number of anilines is 1. The average Bonchev–Trinajstić information content (AvgIpc) is 2.68. The zero-order valence-electron chi connectivity index (χ0n) is 15.0. The molecule has 3 aromatic carbocycles. The van der Waals surface area contributed by atoms with E-state index in [9.17, 15) is 0 Å². The summed E-state index contributed by atoms with van der Waals surface area (Å²) in [5, 5.41) is 4.60. The van der Waals surface area contributed by atoms with Crippen molar-refractivity contribution in [3.63, 3.8) is 0 Å². The summed E-state index contributed by atoms with van der Waals surface area (Å²) >= 11 is 12.4. The number of ether oxygens (including phenoxy) is 2. The molecule has 140 valence electrons. The molecule has 0 atom stereocenters. The Morgan fingerprint density at radius 1 is 0.852 bits per heavy atom. The Morgan fingerprint density at radius 2 is 1.59 bits per heavy atom. The molecule has 0 aliphatic rings. The van der Waals surface area contributed by atoms with Gasteiger partial charge < -0.3 is 14.8 Å². The van der Waals surface area contributed by atoms with Gasteiger partial charge >= 0.3 is 0 Å². The summed E-state index contributed by atoms with van der Waals surface area (Å²) < 4.78 is 11.7. The second-order valence-corrected chi connectivity index (χ2v) is 6.82. The van der Waals surface area contributed by atoms with E-state index < -0.39 is 0 Å². The van der Waals surface area contributed by atoms with Crippen molar-refractivity contribution in [3.8, 4) is 11.5 Å². The SMILES string of the molecule is CCOc1cc(CNc2ccccc2)cc(Cl)c1OCc1ccc(Cl)cc1. The monoisotopic (exact) mass is 401 g/mol. The fourth-order valence-electron chi connectivity index (χ4n) is 2.62. The molecule has 3 rings (SSSR count). The number of halogens is 2. The molecule has 0 fully saturated rings. The summed E-state index contributed by atoms with van der Waals surface area (Å²) in [6.07, 6.45) is 0. The van der Waals surface area contributed by atoms with Gasteiger partial charge in [0.2, 0.25) is 0 Å².